The summed E-state index contributed by atoms with van der Waals surface area (Å²) >= 11 is 4.79. The van der Waals surface area contributed by atoms with Crippen molar-refractivity contribution in [1.29, 1.82) is 0 Å². The first-order valence-corrected chi connectivity index (χ1v) is 8.12. The molecule has 0 bridgehead atoms. The molecule has 4 nitrogen and oxygen atoms in total. The number of nitrogens with one attached hydrogen (secondary N) is 1. The van der Waals surface area contributed by atoms with Gasteiger partial charge < -0.3 is 4.42 Å². The molecule has 0 aliphatic rings. The average Bonchev–Trinajstić information content (AvgIpc) is 3.19. The minimum atomic E-state index is -0.231. The molecule has 3 aromatic rings. The number of furan rings is 1. The summed E-state index contributed by atoms with van der Waals surface area (Å²) in [4.78, 5) is 12.3. The Morgan fingerprint density at radius 1 is 1.23 bits per heavy atom. The van der Waals surface area contributed by atoms with Crippen LogP contribution < -0.4 is 5.43 Å². The van der Waals surface area contributed by atoms with Crippen LogP contribution in [0.2, 0.25) is 0 Å². The Morgan fingerprint density at radius 3 is 2.91 bits per heavy atom. The highest BCUT2D eigenvalue weighted by Crippen LogP contribution is 2.24. The van der Waals surface area contributed by atoms with Crippen LogP contribution in [0.3, 0.4) is 0 Å². The van der Waals surface area contributed by atoms with Gasteiger partial charge in [0, 0.05) is 10.0 Å². The average molecular weight is 375 g/mol. The van der Waals surface area contributed by atoms with E-state index >= 15 is 0 Å². The van der Waals surface area contributed by atoms with Crippen molar-refractivity contribution in [3.05, 3.63) is 69.0 Å². The molecule has 0 aliphatic heterocycles. The second-order valence-electron chi connectivity index (χ2n) is 4.39. The Hall–Kier alpha value is -2.18. The summed E-state index contributed by atoms with van der Waals surface area (Å²) < 4.78 is 6.66. The van der Waals surface area contributed by atoms with Crippen LogP contribution in [0.25, 0.3) is 11.3 Å². The summed E-state index contributed by atoms with van der Waals surface area (Å²) in [7, 11) is 0. The Balaban J connectivity index is 1.67. The lowest BCUT2D eigenvalue weighted by Crippen LogP contribution is -2.15. The van der Waals surface area contributed by atoms with Gasteiger partial charge in [0.1, 0.15) is 11.5 Å². The Kier molecular flexibility index (Phi) is 4.50. The van der Waals surface area contributed by atoms with Gasteiger partial charge in [0.05, 0.1) is 11.1 Å². The van der Waals surface area contributed by atoms with Crippen LogP contribution >= 0.6 is 27.3 Å². The summed E-state index contributed by atoms with van der Waals surface area (Å²) in [5.74, 6) is 1.08. The maximum Gasteiger partial charge on any atom is 0.281 e. The second-order valence-corrected chi connectivity index (χ2v) is 6.25. The molecule has 110 valence electrons. The fourth-order valence-corrected chi connectivity index (χ4v) is 2.85. The quantitative estimate of drug-likeness (QED) is 0.538. The van der Waals surface area contributed by atoms with Crippen LogP contribution in [0, 0.1) is 0 Å². The van der Waals surface area contributed by atoms with Crippen LogP contribution in [-0.4, -0.2) is 12.1 Å². The van der Waals surface area contributed by atoms with E-state index in [2.05, 4.69) is 26.5 Å². The summed E-state index contributed by atoms with van der Waals surface area (Å²) in [5, 5.41) is 5.74. The zero-order valence-corrected chi connectivity index (χ0v) is 13.7. The second kappa shape index (κ2) is 6.72. The number of rotatable bonds is 4. The predicted octanol–water partition coefficient (Wildman–Crippen LogP) is 4.53. The number of nitrogens with zero attached hydrogens (tertiary/aromatic N) is 1. The molecule has 0 saturated heterocycles. The van der Waals surface area contributed by atoms with E-state index in [4.69, 9.17) is 4.42 Å². The van der Waals surface area contributed by atoms with Crippen molar-refractivity contribution in [3.63, 3.8) is 0 Å². The SMILES string of the molecule is O=C(N/N=C\c1ccc(-c2cccc(Br)c2)o1)c1cccs1. The Morgan fingerprint density at radius 2 is 2.14 bits per heavy atom. The predicted molar refractivity (Wildman–Crippen MR) is 91.2 cm³/mol. The van der Waals surface area contributed by atoms with Gasteiger partial charge in [0.2, 0.25) is 0 Å². The molecule has 2 heterocycles. The number of carbonyl (C=O) groups excluding carboxylic acids is 1. The van der Waals surface area contributed by atoms with Crippen molar-refractivity contribution in [2.45, 2.75) is 0 Å². The van der Waals surface area contributed by atoms with Gasteiger partial charge in [0.25, 0.3) is 5.91 Å². The number of hydrogen-bond donors (Lipinski definition) is 1. The standard InChI is InChI=1S/C16H11BrN2O2S/c17-12-4-1-3-11(9-12)14-7-6-13(21-14)10-18-19-16(20)15-5-2-8-22-15/h1-10H,(H,19,20)/b18-10-. The third kappa shape index (κ3) is 3.52. The third-order valence-corrected chi connectivity index (χ3v) is 4.20. The minimum absolute atomic E-state index is 0.231. The normalized spacial score (nSPS) is 11.0. The molecule has 0 unspecified atom stereocenters. The molecule has 0 atom stereocenters. The molecule has 0 saturated carbocycles. The van der Waals surface area contributed by atoms with Crippen molar-refractivity contribution in [3.8, 4) is 11.3 Å². The molecule has 2 aromatic heterocycles. The molecule has 0 fully saturated rings. The topological polar surface area (TPSA) is 54.6 Å². The number of hydrazone groups is 1. The minimum Gasteiger partial charge on any atom is -0.455 e. The van der Waals surface area contributed by atoms with Crippen molar-refractivity contribution >= 4 is 39.4 Å². The summed E-state index contributed by atoms with van der Waals surface area (Å²) in [6.07, 6.45) is 1.48. The maximum absolute atomic E-state index is 11.7. The zero-order valence-electron chi connectivity index (χ0n) is 11.3. The van der Waals surface area contributed by atoms with Gasteiger partial charge in [-0.15, -0.1) is 11.3 Å². The molecular formula is C16H11BrN2O2S. The number of thiophene rings is 1. The maximum atomic E-state index is 11.7. The van der Waals surface area contributed by atoms with E-state index in [1.54, 1.807) is 12.1 Å². The van der Waals surface area contributed by atoms with E-state index in [0.717, 1.165) is 15.8 Å². The lowest BCUT2D eigenvalue weighted by atomic mass is 10.2. The number of amides is 1. The highest BCUT2D eigenvalue weighted by molar-refractivity contribution is 9.10. The molecule has 6 heteroatoms. The van der Waals surface area contributed by atoms with Gasteiger partial charge in [-0.25, -0.2) is 5.43 Å². The lowest BCUT2D eigenvalue weighted by Gasteiger charge is -1.97. The fourth-order valence-electron chi connectivity index (χ4n) is 1.84. The van der Waals surface area contributed by atoms with Crippen LogP contribution in [0.5, 0.6) is 0 Å². The van der Waals surface area contributed by atoms with Gasteiger partial charge >= 0.3 is 0 Å². The van der Waals surface area contributed by atoms with Crippen LogP contribution in [0.1, 0.15) is 15.4 Å². The molecule has 3 rings (SSSR count). The third-order valence-electron chi connectivity index (χ3n) is 2.84. The molecule has 0 spiro atoms. The lowest BCUT2D eigenvalue weighted by molar-refractivity contribution is 0.0959. The van der Waals surface area contributed by atoms with E-state index in [0.29, 0.717) is 10.6 Å². The molecule has 0 radical (unpaired) electrons. The van der Waals surface area contributed by atoms with E-state index in [1.165, 1.54) is 17.6 Å². The Labute approximate surface area is 139 Å². The van der Waals surface area contributed by atoms with Crippen molar-refractivity contribution in [2.75, 3.05) is 0 Å². The number of halogens is 1. The number of hydrogen-bond acceptors (Lipinski definition) is 4. The van der Waals surface area contributed by atoms with Crippen molar-refractivity contribution < 1.29 is 9.21 Å². The zero-order chi connectivity index (χ0) is 15.4. The largest absolute Gasteiger partial charge is 0.455 e. The van der Waals surface area contributed by atoms with Crippen molar-refractivity contribution in [2.24, 2.45) is 5.10 Å². The van der Waals surface area contributed by atoms with Gasteiger partial charge in [-0.1, -0.05) is 34.1 Å². The van der Waals surface area contributed by atoms with E-state index in [9.17, 15) is 4.79 Å². The number of carbonyl (C=O) groups is 1. The van der Waals surface area contributed by atoms with Crippen LogP contribution in [0.4, 0.5) is 0 Å². The summed E-state index contributed by atoms with van der Waals surface area (Å²) in [6, 6.07) is 15.1. The molecule has 1 amide bonds. The molecule has 1 aromatic carbocycles. The molecule has 0 aliphatic carbocycles. The number of benzene rings is 1. The Bertz CT molecular complexity index is 809. The first kappa shape index (κ1) is 14.7. The first-order valence-electron chi connectivity index (χ1n) is 6.45. The van der Waals surface area contributed by atoms with Gasteiger partial charge in [-0.2, -0.15) is 5.10 Å². The van der Waals surface area contributed by atoms with Crippen LogP contribution in [0.15, 0.2) is 67.9 Å². The molecule has 1 N–H and O–H groups in total. The molecule has 22 heavy (non-hydrogen) atoms. The highest BCUT2D eigenvalue weighted by Gasteiger charge is 2.05. The van der Waals surface area contributed by atoms with Crippen molar-refractivity contribution in [1.82, 2.24) is 5.43 Å². The fraction of sp³-hybridized carbons (Fsp3) is 0. The van der Waals surface area contributed by atoms with E-state index < -0.39 is 0 Å². The van der Waals surface area contributed by atoms with Crippen LogP contribution in [-0.2, 0) is 0 Å². The van der Waals surface area contributed by atoms with E-state index in [1.807, 2.05) is 41.8 Å². The van der Waals surface area contributed by atoms with E-state index in [-0.39, 0.29) is 5.91 Å². The van der Waals surface area contributed by atoms with Gasteiger partial charge in [0.15, 0.2) is 0 Å². The summed E-state index contributed by atoms with van der Waals surface area (Å²) in [5.41, 5.74) is 3.43. The van der Waals surface area contributed by atoms with Gasteiger partial charge in [-0.3, -0.25) is 4.79 Å². The molecular weight excluding hydrogens is 364 g/mol. The van der Waals surface area contributed by atoms with Gasteiger partial charge in [-0.05, 0) is 35.7 Å². The first-order chi connectivity index (χ1) is 10.7. The smallest absolute Gasteiger partial charge is 0.281 e. The summed E-state index contributed by atoms with van der Waals surface area (Å²) in [6.45, 7) is 0. The monoisotopic (exact) mass is 374 g/mol. The highest BCUT2D eigenvalue weighted by atomic mass is 79.9.